The number of H-pyrrole nitrogens is 1. The Labute approximate surface area is 131 Å². The highest BCUT2D eigenvalue weighted by Crippen LogP contribution is 2.28. The van der Waals surface area contributed by atoms with E-state index < -0.39 is 0 Å². The number of carbonyl (C=O) groups excluding carboxylic acids is 1. The number of hydrogen-bond acceptors (Lipinski definition) is 2. The quantitative estimate of drug-likeness (QED) is 0.710. The van der Waals surface area contributed by atoms with Crippen LogP contribution in [0.3, 0.4) is 0 Å². The van der Waals surface area contributed by atoms with Crippen LogP contribution >= 0.6 is 23.2 Å². The van der Waals surface area contributed by atoms with Gasteiger partial charge in [-0.15, -0.1) is 0 Å². The maximum absolute atomic E-state index is 12.7. The summed E-state index contributed by atoms with van der Waals surface area (Å²) in [6.45, 7) is 0. The fourth-order valence-electron chi connectivity index (χ4n) is 2.23. The van der Waals surface area contributed by atoms with Crippen LogP contribution in [0.4, 0.5) is 0 Å². The molecule has 3 nitrogen and oxygen atoms in total. The van der Waals surface area contributed by atoms with Crippen LogP contribution < -0.4 is 4.74 Å². The Morgan fingerprint density at radius 3 is 2.62 bits per heavy atom. The number of nitrogens with one attached hydrogen (secondary N) is 1. The predicted molar refractivity (Wildman–Crippen MR) is 84.7 cm³/mol. The Morgan fingerprint density at radius 1 is 1.10 bits per heavy atom. The average Bonchev–Trinajstić information content (AvgIpc) is 2.89. The van der Waals surface area contributed by atoms with Gasteiger partial charge in [0.1, 0.15) is 5.75 Å². The molecule has 0 spiro atoms. The van der Waals surface area contributed by atoms with Crippen molar-refractivity contribution >= 4 is 39.9 Å². The Balaban J connectivity index is 2.13. The molecular weight excluding hydrogens is 309 g/mol. The molecule has 0 aliphatic carbocycles. The van der Waals surface area contributed by atoms with Crippen LogP contribution in [0.15, 0.2) is 42.6 Å². The molecule has 0 atom stereocenters. The molecule has 0 aliphatic rings. The molecule has 0 saturated heterocycles. The molecule has 1 N–H and O–H groups in total. The van der Waals surface area contributed by atoms with Gasteiger partial charge >= 0.3 is 0 Å². The van der Waals surface area contributed by atoms with E-state index in [4.69, 9.17) is 27.9 Å². The number of ketones is 1. The number of benzene rings is 2. The molecule has 0 radical (unpaired) electrons. The molecule has 3 rings (SSSR count). The van der Waals surface area contributed by atoms with Crippen molar-refractivity contribution in [3.8, 4) is 5.75 Å². The third-order valence-corrected chi connectivity index (χ3v) is 3.86. The maximum atomic E-state index is 12.7. The number of aromatic nitrogens is 1. The monoisotopic (exact) mass is 319 g/mol. The second-order valence-corrected chi connectivity index (χ2v) is 5.41. The Kier molecular flexibility index (Phi) is 3.62. The van der Waals surface area contributed by atoms with Gasteiger partial charge in [-0.25, -0.2) is 0 Å². The van der Waals surface area contributed by atoms with Crippen LogP contribution in [-0.2, 0) is 0 Å². The molecule has 21 heavy (non-hydrogen) atoms. The zero-order chi connectivity index (χ0) is 15.0. The van der Waals surface area contributed by atoms with Crippen molar-refractivity contribution in [3.63, 3.8) is 0 Å². The first-order valence-corrected chi connectivity index (χ1v) is 7.00. The van der Waals surface area contributed by atoms with E-state index in [1.807, 2.05) is 18.2 Å². The normalized spacial score (nSPS) is 10.8. The van der Waals surface area contributed by atoms with Gasteiger partial charge in [0.05, 0.1) is 12.1 Å². The summed E-state index contributed by atoms with van der Waals surface area (Å²) in [4.78, 5) is 15.7. The zero-order valence-corrected chi connectivity index (χ0v) is 12.6. The summed E-state index contributed by atoms with van der Waals surface area (Å²) in [5.74, 6) is 0.537. The molecule has 2 aromatic carbocycles. The molecule has 0 aliphatic heterocycles. The topological polar surface area (TPSA) is 42.1 Å². The summed E-state index contributed by atoms with van der Waals surface area (Å²) < 4.78 is 5.20. The number of ether oxygens (including phenoxy) is 1. The first kappa shape index (κ1) is 14.0. The second-order valence-electron chi connectivity index (χ2n) is 4.57. The summed E-state index contributed by atoms with van der Waals surface area (Å²) in [6.07, 6.45) is 1.68. The van der Waals surface area contributed by atoms with Gasteiger partial charge in [0.2, 0.25) is 0 Å². The molecule has 0 saturated carbocycles. The minimum atomic E-state index is -0.156. The number of hydrogen-bond donors (Lipinski definition) is 1. The highest BCUT2D eigenvalue weighted by atomic mass is 35.5. The van der Waals surface area contributed by atoms with Gasteiger partial charge < -0.3 is 9.72 Å². The van der Waals surface area contributed by atoms with Crippen LogP contribution in [0.1, 0.15) is 15.9 Å². The molecule has 5 heteroatoms. The molecule has 0 bridgehead atoms. The largest absolute Gasteiger partial charge is 0.497 e. The molecule has 3 aromatic rings. The van der Waals surface area contributed by atoms with Crippen LogP contribution in [0.25, 0.3) is 10.9 Å². The van der Waals surface area contributed by atoms with E-state index in [1.165, 1.54) is 0 Å². The summed E-state index contributed by atoms with van der Waals surface area (Å²) in [6, 6.07) is 10.4. The lowest BCUT2D eigenvalue weighted by Gasteiger charge is -2.04. The van der Waals surface area contributed by atoms with Crippen LogP contribution in [0.2, 0.25) is 10.0 Å². The smallest absolute Gasteiger partial charge is 0.196 e. The molecule has 0 unspecified atom stereocenters. The van der Waals surface area contributed by atoms with E-state index in [0.717, 1.165) is 10.9 Å². The van der Waals surface area contributed by atoms with E-state index in [2.05, 4.69) is 4.98 Å². The number of carbonyl (C=O) groups is 1. The van der Waals surface area contributed by atoms with Crippen LogP contribution in [0.5, 0.6) is 5.75 Å². The number of halogens is 2. The lowest BCUT2D eigenvalue weighted by Crippen LogP contribution is -2.01. The van der Waals surface area contributed by atoms with Crippen molar-refractivity contribution in [2.45, 2.75) is 0 Å². The van der Waals surface area contributed by atoms with E-state index in [9.17, 15) is 4.79 Å². The highest BCUT2D eigenvalue weighted by Gasteiger charge is 2.17. The second kappa shape index (κ2) is 5.43. The Morgan fingerprint density at radius 2 is 1.90 bits per heavy atom. The Hall–Kier alpha value is -1.97. The third kappa shape index (κ3) is 2.50. The molecule has 1 aromatic heterocycles. The van der Waals surface area contributed by atoms with Gasteiger partial charge in [-0.3, -0.25) is 4.79 Å². The standard InChI is InChI=1S/C16H11Cl2NO2/c1-21-10-3-5-15-12(7-10)13(8-19-15)16(20)11-4-2-9(17)6-14(11)18/h2-8,19H,1H3. The van der Waals surface area contributed by atoms with Crippen molar-refractivity contribution in [2.75, 3.05) is 7.11 Å². The molecule has 0 amide bonds. The van der Waals surface area contributed by atoms with Crippen molar-refractivity contribution in [3.05, 3.63) is 63.8 Å². The zero-order valence-electron chi connectivity index (χ0n) is 11.1. The van der Waals surface area contributed by atoms with Gasteiger partial charge in [0.25, 0.3) is 0 Å². The molecule has 0 fully saturated rings. The predicted octanol–water partition coefficient (Wildman–Crippen LogP) is 4.71. The minimum absolute atomic E-state index is 0.156. The van der Waals surface area contributed by atoms with Gasteiger partial charge in [-0.2, -0.15) is 0 Å². The Bertz CT molecular complexity index is 839. The number of methoxy groups -OCH3 is 1. The van der Waals surface area contributed by atoms with E-state index in [1.54, 1.807) is 31.5 Å². The number of rotatable bonds is 3. The third-order valence-electron chi connectivity index (χ3n) is 3.31. The van der Waals surface area contributed by atoms with Crippen LogP contribution in [0, 0.1) is 0 Å². The SMILES string of the molecule is COc1ccc2[nH]cc(C(=O)c3ccc(Cl)cc3Cl)c2c1. The van der Waals surface area contributed by atoms with Crippen molar-refractivity contribution in [2.24, 2.45) is 0 Å². The van der Waals surface area contributed by atoms with E-state index in [-0.39, 0.29) is 5.78 Å². The molecular formula is C16H11Cl2NO2. The maximum Gasteiger partial charge on any atom is 0.196 e. The molecule has 1 heterocycles. The highest BCUT2D eigenvalue weighted by molar-refractivity contribution is 6.38. The lowest BCUT2D eigenvalue weighted by atomic mass is 10.0. The fraction of sp³-hybridized carbons (Fsp3) is 0.0625. The summed E-state index contributed by atoms with van der Waals surface area (Å²) in [7, 11) is 1.59. The van der Waals surface area contributed by atoms with Crippen LogP contribution in [-0.4, -0.2) is 17.9 Å². The molecule has 106 valence electrons. The van der Waals surface area contributed by atoms with Crippen molar-refractivity contribution < 1.29 is 9.53 Å². The lowest BCUT2D eigenvalue weighted by molar-refractivity contribution is 0.104. The first-order valence-electron chi connectivity index (χ1n) is 6.25. The fourth-order valence-corrected chi connectivity index (χ4v) is 2.73. The van der Waals surface area contributed by atoms with Gasteiger partial charge in [0.15, 0.2) is 5.78 Å². The van der Waals surface area contributed by atoms with Gasteiger partial charge in [-0.05, 0) is 36.4 Å². The number of fused-ring (bicyclic) bond motifs is 1. The summed E-state index contributed by atoms with van der Waals surface area (Å²) >= 11 is 12.0. The minimum Gasteiger partial charge on any atom is -0.497 e. The summed E-state index contributed by atoms with van der Waals surface area (Å²) in [5, 5.41) is 1.63. The van der Waals surface area contributed by atoms with Gasteiger partial charge in [0, 0.05) is 33.2 Å². The van der Waals surface area contributed by atoms with E-state index >= 15 is 0 Å². The van der Waals surface area contributed by atoms with Crippen molar-refractivity contribution in [1.82, 2.24) is 4.98 Å². The van der Waals surface area contributed by atoms with Gasteiger partial charge in [-0.1, -0.05) is 23.2 Å². The average molecular weight is 320 g/mol. The first-order chi connectivity index (χ1) is 10.1. The van der Waals surface area contributed by atoms with Crippen molar-refractivity contribution in [1.29, 1.82) is 0 Å². The summed E-state index contributed by atoms with van der Waals surface area (Å²) in [5.41, 5.74) is 1.84. The number of aromatic amines is 1. The van der Waals surface area contributed by atoms with E-state index in [0.29, 0.717) is 26.9 Å².